The summed E-state index contributed by atoms with van der Waals surface area (Å²) >= 11 is 0. The molecule has 3 N–H and O–H groups in total. The van der Waals surface area contributed by atoms with Crippen molar-refractivity contribution in [1.82, 2.24) is 14.5 Å². The molecular weight excluding hydrogens is 450 g/mol. The van der Waals surface area contributed by atoms with Gasteiger partial charge in [-0.15, -0.1) is 5.92 Å². The molecule has 3 rings (SSSR count). The fraction of sp³-hybridized carbons (Fsp3) is 0.440. The monoisotopic (exact) mass is 481 g/mol. The topological polar surface area (TPSA) is 129 Å². The van der Waals surface area contributed by atoms with Gasteiger partial charge in [0.1, 0.15) is 11.9 Å². The van der Waals surface area contributed by atoms with Gasteiger partial charge < -0.3 is 20.7 Å². The molecule has 1 aromatic carbocycles. The Kier molecular flexibility index (Phi) is 8.49. The summed E-state index contributed by atoms with van der Waals surface area (Å²) < 4.78 is 7.24. The largest absolute Gasteiger partial charge is 0.467 e. The highest BCUT2D eigenvalue weighted by Crippen LogP contribution is 2.17. The first-order chi connectivity index (χ1) is 16.7. The van der Waals surface area contributed by atoms with Crippen LogP contribution in [0, 0.1) is 11.8 Å². The highest BCUT2D eigenvalue weighted by molar-refractivity contribution is 5.96. The van der Waals surface area contributed by atoms with Gasteiger partial charge >= 0.3 is 11.7 Å². The Bertz CT molecular complexity index is 1270. The van der Waals surface area contributed by atoms with Crippen LogP contribution in [-0.4, -0.2) is 53.3 Å². The number of methoxy groups -OCH3 is 1. The first-order valence-electron chi connectivity index (χ1n) is 11.5. The third-order valence-electron chi connectivity index (χ3n) is 5.88. The molecule has 1 aliphatic rings. The summed E-state index contributed by atoms with van der Waals surface area (Å²) in [5.41, 5.74) is 6.07. The van der Waals surface area contributed by atoms with E-state index < -0.39 is 29.2 Å². The molecule has 186 valence electrons. The van der Waals surface area contributed by atoms with Crippen molar-refractivity contribution in [1.29, 1.82) is 0 Å². The van der Waals surface area contributed by atoms with Gasteiger partial charge in [-0.1, -0.05) is 18.1 Å². The summed E-state index contributed by atoms with van der Waals surface area (Å²) in [6, 6.07) is 7.15. The van der Waals surface area contributed by atoms with Crippen molar-refractivity contribution in [3.63, 3.8) is 0 Å². The SMILES string of the molecule is CC#CCn1c(N2CCC[C@@H](N)C2)cc(=O)n(Cc2cccc(C(=O)N[C@@H](C)C(=O)OC)c2)c1=O. The average molecular weight is 482 g/mol. The molecule has 0 bridgehead atoms. The molecule has 10 nitrogen and oxygen atoms in total. The second-order valence-corrected chi connectivity index (χ2v) is 8.49. The number of anilines is 1. The molecule has 2 heterocycles. The van der Waals surface area contributed by atoms with Gasteiger partial charge in [-0.2, -0.15) is 0 Å². The summed E-state index contributed by atoms with van der Waals surface area (Å²) in [5.74, 6) is 5.19. The van der Waals surface area contributed by atoms with Gasteiger partial charge in [0.05, 0.1) is 20.2 Å². The van der Waals surface area contributed by atoms with Gasteiger partial charge in [0.2, 0.25) is 0 Å². The Labute approximate surface area is 203 Å². The molecule has 2 aromatic rings. The molecule has 0 aliphatic carbocycles. The molecule has 1 saturated heterocycles. The minimum Gasteiger partial charge on any atom is -0.467 e. The lowest BCUT2D eigenvalue weighted by Gasteiger charge is -2.33. The molecule has 35 heavy (non-hydrogen) atoms. The van der Waals surface area contributed by atoms with Crippen molar-refractivity contribution in [2.75, 3.05) is 25.1 Å². The van der Waals surface area contributed by atoms with Crippen LogP contribution in [0.1, 0.15) is 42.6 Å². The second-order valence-electron chi connectivity index (χ2n) is 8.49. The van der Waals surface area contributed by atoms with Gasteiger partial charge in [0.25, 0.3) is 11.5 Å². The molecule has 0 spiro atoms. The quantitative estimate of drug-likeness (QED) is 0.430. The Morgan fingerprint density at radius 3 is 2.71 bits per heavy atom. The fourth-order valence-corrected chi connectivity index (χ4v) is 4.05. The molecule has 1 aliphatic heterocycles. The van der Waals surface area contributed by atoms with Gasteiger partial charge in [-0.25, -0.2) is 9.59 Å². The van der Waals surface area contributed by atoms with E-state index in [1.54, 1.807) is 31.2 Å². The Hall–Kier alpha value is -3.84. The normalized spacial score (nSPS) is 16.1. The molecular formula is C25H31N5O5. The van der Waals surface area contributed by atoms with E-state index in [4.69, 9.17) is 5.73 Å². The van der Waals surface area contributed by atoms with E-state index in [0.717, 1.165) is 17.4 Å². The molecule has 0 unspecified atom stereocenters. The van der Waals surface area contributed by atoms with E-state index in [-0.39, 0.29) is 19.1 Å². The number of piperidine rings is 1. The maximum Gasteiger partial charge on any atom is 0.333 e. The number of rotatable bonds is 7. The van der Waals surface area contributed by atoms with Crippen molar-refractivity contribution in [2.24, 2.45) is 5.73 Å². The molecule has 1 aromatic heterocycles. The van der Waals surface area contributed by atoms with Crippen molar-refractivity contribution >= 4 is 17.7 Å². The number of benzene rings is 1. The van der Waals surface area contributed by atoms with Crippen LogP contribution in [0.3, 0.4) is 0 Å². The van der Waals surface area contributed by atoms with Crippen LogP contribution in [0.2, 0.25) is 0 Å². The van der Waals surface area contributed by atoms with E-state index in [0.29, 0.717) is 30.0 Å². The number of aromatic nitrogens is 2. The second kappa shape index (κ2) is 11.5. The van der Waals surface area contributed by atoms with Crippen LogP contribution in [0.15, 0.2) is 39.9 Å². The minimum atomic E-state index is -0.818. The maximum atomic E-state index is 13.4. The smallest absolute Gasteiger partial charge is 0.333 e. The van der Waals surface area contributed by atoms with Crippen LogP contribution in [-0.2, 0) is 22.6 Å². The van der Waals surface area contributed by atoms with Crippen LogP contribution in [0.25, 0.3) is 0 Å². The molecule has 0 radical (unpaired) electrons. The predicted molar refractivity (Wildman–Crippen MR) is 132 cm³/mol. The Balaban J connectivity index is 1.93. The number of esters is 1. The Morgan fingerprint density at radius 1 is 1.26 bits per heavy atom. The summed E-state index contributed by atoms with van der Waals surface area (Å²) in [6.45, 7) is 4.59. The maximum absolute atomic E-state index is 13.4. The molecule has 1 amide bonds. The number of nitrogens with zero attached hydrogens (tertiary/aromatic N) is 3. The number of hydrogen-bond donors (Lipinski definition) is 2. The van der Waals surface area contributed by atoms with Crippen LogP contribution in [0.4, 0.5) is 5.82 Å². The summed E-state index contributed by atoms with van der Waals surface area (Å²) in [7, 11) is 1.24. The zero-order valence-corrected chi connectivity index (χ0v) is 20.2. The van der Waals surface area contributed by atoms with Gasteiger partial charge in [0.15, 0.2) is 0 Å². The van der Waals surface area contributed by atoms with E-state index in [9.17, 15) is 19.2 Å². The van der Waals surface area contributed by atoms with Gasteiger partial charge in [-0.05, 0) is 44.4 Å². The van der Waals surface area contributed by atoms with E-state index >= 15 is 0 Å². The molecule has 2 atom stereocenters. The highest BCUT2D eigenvalue weighted by Gasteiger charge is 2.22. The number of amides is 1. The first kappa shape index (κ1) is 25.8. The highest BCUT2D eigenvalue weighted by atomic mass is 16.5. The van der Waals surface area contributed by atoms with Crippen molar-refractivity contribution in [3.8, 4) is 11.8 Å². The van der Waals surface area contributed by atoms with E-state index in [2.05, 4.69) is 21.9 Å². The number of carbonyl (C=O) groups excluding carboxylic acids is 2. The summed E-state index contributed by atoms with van der Waals surface area (Å²) in [4.78, 5) is 52.5. The number of nitrogens with one attached hydrogen (secondary N) is 1. The summed E-state index contributed by atoms with van der Waals surface area (Å²) in [5, 5.41) is 2.56. The number of nitrogens with two attached hydrogens (primary N) is 1. The first-order valence-corrected chi connectivity index (χ1v) is 11.5. The zero-order valence-electron chi connectivity index (χ0n) is 20.2. The number of carbonyl (C=O) groups is 2. The predicted octanol–water partition coefficient (Wildman–Crippen LogP) is 0.300. The molecule has 0 saturated carbocycles. The lowest BCUT2D eigenvalue weighted by atomic mass is 10.1. The fourth-order valence-electron chi connectivity index (χ4n) is 4.05. The van der Waals surface area contributed by atoms with Crippen LogP contribution in [0.5, 0.6) is 0 Å². The van der Waals surface area contributed by atoms with Gasteiger partial charge in [-0.3, -0.25) is 18.7 Å². The number of ether oxygens (including phenoxy) is 1. The van der Waals surface area contributed by atoms with Crippen molar-refractivity contribution in [2.45, 2.75) is 51.9 Å². The van der Waals surface area contributed by atoms with Gasteiger partial charge in [0, 0.05) is 30.8 Å². The molecule has 1 fully saturated rings. The summed E-state index contributed by atoms with van der Waals surface area (Å²) in [6.07, 6.45) is 1.77. The van der Waals surface area contributed by atoms with Crippen molar-refractivity contribution in [3.05, 3.63) is 62.3 Å². The standard InChI is InChI=1S/C25H31N5O5/c1-4-5-12-29-21(28-11-7-10-20(26)16-28)14-22(31)30(25(29)34)15-18-8-6-9-19(13-18)23(32)27-17(2)24(33)35-3/h6,8-9,13-14,17,20H,7,10-12,15-16,26H2,1-3H3,(H,27,32)/t17-,20+/m0/s1. The minimum absolute atomic E-state index is 0.0231. The van der Waals surface area contributed by atoms with E-state index in [1.165, 1.54) is 24.7 Å². The third kappa shape index (κ3) is 6.19. The lowest BCUT2D eigenvalue weighted by molar-refractivity contribution is -0.142. The lowest BCUT2D eigenvalue weighted by Crippen LogP contribution is -2.48. The molecule has 10 heteroatoms. The van der Waals surface area contributed by atoms with Crippen molar-refractivity contribution < 1.29 is 14.3 Å². The average Bonchev–Trinajstić information content (AvgIpc) is 2.85. The van der Waals surface area contributed by atoms with Crippen LogP contribution < -0.4 is 27.2 Å². The number of hydrogen-bond acceptors (Lipinski definition) is 7. The van der Waals surface area contributed by atoms with E-state index in [1.807, 2.05) is 4.90 Å². The Morgan fingerprint density at radius 2 is 2.03 bits per heavy atom. The van der Waals surface area contributed by atoms with Crippen LogP contribution >= 0.6 is 0 Å². The zero-order chi connectivity index (χ0) is 25.5. The third-order valence-corrected chi connectivity index (χ3v) is 5.88.